The second-order valence-electron chi connectivity index (χ2n) is 3.41. The Balaban J connectivity index is 0.000000181. The molecule has 0 amide bonds. The molecule has 2 aromatic carbocycles. The van der Waals surface area contributed by atoms with Gasteiger partial charge in [0.25, 0.3) is 0 Å². The number of hydrogen-bond acceptors (Lipinski definition) is 0. The zero-order valence-corrected chi connectivity index (χ0v) is 9.71. The molecule has 0 saturated carbocycles. The molecule has 0 heteroatoms. The fraction of sp³-hybridized carbons (Fsp3) is 0.125. The summed E-state index contributed by atoms with van der Waals surface area (Å²) in [6.45, 7) is 2.04. The van der Waals surface area contributed by atoms with Crippen LogP contribution >= 0.6 is 0 Å². The van der Waals surface area contributed by atoms with E-state index in [0.717, 1.165) is 6.42 Å². The highest BCUT2D eigenvalue weighted by Crippen LogP contribution is 1.99. The Kier molecular flexibility index (Phi) is 6.50. The van der Waals surface area contributed by atoms with Crippen LogP contribution in [0.3, 0.4) is 0 Å². The fourth-order valence-electron chi connectivity index (χ4n) is 1.25. The highest BCUT2D eigenvalue weighted by Gasteiger charge is 1.83. The molecule has 0 fully saturated rings. The van der Waals surface area contributed by atoms with Crippen molar-refractivity contribution < 1.29 is 0 Å². The van der Waals surface area contributed by atoms with Crippen LogP contribution in [-0.4, -0.2) is 0 Å². The van der Waals surface area contributed by atoms with Crippen molar-refractivity contribution in [2.24, 2.45) is 0 Å². The highest BCUT2D eigenvalue weighted by atomic mass is 13.9. The van der Waals surface area contributed by atoms with Gasteiger partial charge in [-0.25, -0.2) is 0 Å². The lowest BCUT2D eigenvalue weighted by atomic mass is 10.1. The van der Waals surface area contributed by atoms with Crippen molar-refractivity contribution in [1.29, 1.82) is 0 Å². The predicted octanol–water partition coefficient (Wildman–Crippen LogP) is 4.49. The van der Waals surface area contributed by atoms with E-state index in [1.807, 2.05) is 49.4 Å². The van der Waals surface area contributed by atoms with E-state index in [4.69, 9.17) is 0 Å². The van der Waals surface area contributed by atoms with Crippen molar-refractivity contribution in [3.8, 4) is 0 Å². The predicted molar refractivity (Wildman–Crippen MR) is 71.4 cm³/mol. The summed E-state index contributed by atoms with van der Waals surface area (Å²) in [6.07, 6.45) is 5.29. The minimum absolute atomic E-state index is 1.05. The Bertz CT molecular complexity index is 347. The van der Waals surface area contributed by atoms with Gasteiger partial charge in [0.15, 0.2) is 0 Å². The maximum absolute atomic E-state index is 2.16. The average Bonchev–Trinajstić information content (AvgIpc) is 2.40. The zero-order chi connectivity index (χ0) is 11.5. The molecule has 0 aliphatic heterocycles. The van der Waals surface area contributed by atoms with Gasteiger partial charge in [0.1, 0.15) is 0 Å². The van der Waals surface area contributed by atoms with Gasteiger partial charge < -0.3 is 0 Å². The standard InChI is InChI=1S/C10H12.C6H6/c1-2-3-7-10-8-5-4-6-9-10;1-2-4-6-5-3-1/h2-6,8-9H,7H2,1H3;1-6H. The van der Waals surface area contributed by atoms with Gasteiger partial charge in [0, 0.05) is 0 Å². The van der Waals surface area contributed by atoms with Crippen LogP contribution in [0.15, 0.2) is 78.9 Å². The van der Waals surface area contributed by atoms with E-state index >= 15 is 0 Å². The highest BCUT2D eigenvalue weighted by molar-refractivity contribution is 5.17. The Hall–Kier alpha value is -1.82. The summed E-state index contributed by atoms with van der Waals surface area (Å²) >= 11 is 0. The van der Waals surface area contributed by atoms with E-state index < -0.39 is 0 Å². The van der Waals surface area contributed by atoms with Crippen LogP contribution in [0.5, 0.6) is 0 Å². The summed E-state index contributed by atoms with van der Waals surface area (Å²) in [7, 11) is 0. The van der Waals surface area contributed by atoms with Gasteiger partial charge in [0.2, 0.25) is 0 Å². The summed E-state index contributed by atoms with van der Waals surface area (Å²) in [5, 5.41) is 0. The zero-order valence-electron chi connectivity index (χ0n) is 9.71. The molecular weight excluding hydrogens is 192 g/mol. The third-order valence-electron chi connectivity index (χ3n) is 2.10. The minimum atomic E-state index is 1.05. The molecule has 0 aromatic heterocycles. The van der Waals surface area contributed by atoms with Crippen molar-refractivity contribution in [1.82, 2.24) is 0 Å². The van der Waals surface area contributed by atoms with Gasteiger partial charge >= 0.3 is 0 Å². The van der Waals surface area contributed by atoms with E-state index in [1.165, 1.54) is 5.56 Å². The first-order valence-corrected chi connectivity index (χ1v) is 5.58. The number of hydrogen-bond donors (Lipinski definition) is 0. The molecule has 0 spiro atoms. The minimum Gasteiger partial charge on any atom is -0.0913 e. The molecular formula is C16H18. The summed E-state index contributed by atoms with van der Waals surface area (Å²) in [5.74, 6) is 0. The second-order valence-corrected chi connectivity index (χ2v) is 3.41. The number of allylic oxidation sites excluding steroid dienone is 2. The van der Waals surface area contributed by atoms with Gasteiger partial charge in [-0.1, -0.05) is 78.9 Å². The van der Waals surface area contributed by atoms with E-state index in [1.54, 1.807) is 0 Å². The Morgan fingerprint density at radius 2 is 1.19 bits per heavy atom. The lowest BCUT2D eigenvalue weighted by molar-refractivity contribution is 1.26. The van der Waals surface area contributed by atoms with Crippen molar-refractivity contribution in [2.45, 2.75) is 13.3 Å². The molecule has 0 saturated heterocycles. The van der Waals surface area contributed by atoms with Crippen molar-refractivity contribution in [2.75, 3.05) is 0 Å². The normalized spacial score (nSPS) is 9.56. The molecule has 0 radical (unpaired) electrons. The first-order valence-electron chi connectivity index (χ1n) is 5.58. The summed E-state index contributed by atoms with van der Waals surface area (Å²) < 4.78 is 0. The third-order valence-corrected chi connectivity index (χ3v) is 2.10. The first-order chi connectivity index (χ1) is 7.93. The topological polar surface area (TPSA) is 0 Å². The van der Waals surface area contributed by atoms with E-state index in [0.29, 0.717) is 0 Å². The van der Waals surface area contributed by atoms with E-state index in [-0.39, 0.29) is 0 Å². The average molecular weight is 210 g/mol. The first kappa shape index (κ1) is 12.3. The Labute approximate surface area is 98.3 Å². The van der Waals surface area contributed by atoms with E-state index in [2.05, 4.69) is 36.4 Å². The van der Waals surface area contributed by atoms with Crippen molar-refractivity contribution >= 4 is 0 Å². The Morgan fingerprint density at radius 1 is 0.750 bits per heavy atom. The quantitative estimate of drug-likeness (QED) is 0.640. The molecule has 82 valence electrons. The van der Waals surface area contributed by atoms with Gasteiger partial charge in [-0.3, -0.25) is 0 Å². The molecule has 0 aliphatic carbocycles. The summed E-state index contributed by atoms with van der Waals surface area (Å²) in [4.78, 5) is 0. The maximum Gasteiger partial charge on any atom is -0.00976 e. The lowest BCUT2D eigenvalue weighted by Crippen LogP contribution is -1.76. The van der Waals surface area contributed by atoms with Crippen LogP contribution in [0, 0.1) is 0 Å². The van der Waals surface area contributed by atoms with Gasteiger partial charge in [0.05, 0.1) is 0 Å². The van der Waals surface area contributed by atoms with Crippen LogP contribution in [0.25, 0.3) is 0 Å². The van der Waals surface area contributed by atoms with Gasteiger partial charge in [-0.15, -0.1) is 0 Å². The molecule has 0 bridgehead atoms. The Morgan fingerprint density at radius 3 is 1.62 bits per heavy atom. The summed E-state index contributed by atoms with van der Waals surface area (Å²) in [6, 6.07) is 22.5. The molecule has 2 rings (SSSR count). The van der Waals surface area contributed by atoms with Gasteiger partial charge in [-0.2, -0.15) is 0 Å². The molecule has 0 aliphatic rings. The molecule has 0 nitrogen and oxygen atoms in total. The fourth-order valence-corrected chi connectivity index (χ4v) is 1.25. The van der Waals surface area contributed by atoms with Crippen LogP contribution in [0.1, 0.15) is 12.5 Å². The molecule has 0 N–H and O–H groups in total. The van der Waals surface area contributed by atoms with Crippen molar-refractivity contribution in [3.05, 3.63) is 84.4 Å². The van der Waals surface area contributed by atoms with Crippen LogP contribution in [0.4, 0.5) is 0 Å². The number of rotatable bonds is 2. The molecule has 16 heavy (non-hydrogen) atoms. The van der Waals surface area contributed by atoms with Crippen molar-refractivity contribution in [3.63, 3.8) is 0 Å². The van der Waals surface area contributed by atoms with E-state index in [9.17, 15) is 0 Å². The largest absolute Gasteiger partial charge is 0.0913 e. The van der Waals surface area contributed by atoms with Crippen LogP contribution in [0.2, 0.25) is 0 Å². The SMILES string of the molecule is CC=CCc1ccccc1.c1ccccc1. The molecule has 0 atom stereocenters. The lowest BCUT2D eigenvalue weighted by Gasteiger charge is -1.92. The maximum atomic E-state index is 2.16. The smallest absolute Gasteiger partial charge is 0.00976 e. The number of benzene rings is 2. The molecule has 2 aromatic rings. The third kappa shape index (κ3) is 5.82. The molecule has 0 heterocycles. The summed E-state index contributed by atoms with van der Waals surface area (Å²) in [5.41, 5.74) is 1.38. The second kappa shape index (κ2) is 8.49. The van der Waals surface area contributed by atoms with Crippen LogP contribution < -0.4 is 0 Å². The monoisotopic (exact) mass is 210 g/mol. The van der Waals surface area contributed by atoms with Gasteiger partial charge in [-0.05, 0) is 18.9 Å². The van der Waals surface area contributed by atoms with Crippen LogP contribution in [-0.2, 0) is 6.42 Å². The molecule has 0 unspecified atom stereocenters.